The van der Waals surface area contributed by atoms with E-state index in [1.807, 2.05) is 13.8 Å². The molecule has 0 saturated heterocycles. The van der Waals surface area contributed by atoms with Gasteiger partial charge in [-0.25, -0.2) is 0 Å². The number of aliphatic hydroxyl groups excluding tert-OH is 1. The predicted molar refractivity (Wildman–Crippen MR) is 130 cm³/mol. The summed E-state index contributed by atoms with van der Waals surface area (Å²) in [4.78, 5) is 0. The summed E-state index contributed by atoms with van der Waals surface area (Å²) in [5.74, 6) is 2.11. The molecule has 0 unspecified atom stereocenters. The lowest BCUT2D eigenvalue weighted by Crippen LogP contribution is -2.50. The smallest absolute Gasteiger partial charge is 0.192 e. The molecular weight excluding hydrogens is 388 g/mol. The molecule has 0 amide bonds. The van der Waals surface area contributed by atoms with Crippen LogP contribution >= 0.6 is 0 Å². The third-order valence-electron chi connectivity index (χ3n) is 9.75. The monoisotopic (exact) mass is 440 g/mol. The number of rotatable bonds is 9. The van der Waals surface area contributed by atoms with Gasteiger partial charge in [-0.2, -0.15) is 0 Å². The quantitative estimate of drug-likeness (QED) is 0.388. The fourth-order valence-electron chi connectivity index (χ4n) is 6.22. The SMILES string of the molecule is C[C@H](CCC[C@@](C)(O)[C@@H](C)CO)[C@H]1CC[C@H]2[C@@H](O[Si](C)(C)C(C)(C)C)CCC[C@]12C. The van der Waals surface area contributed by atoms with Crippen molar-refractivity contribution in [1.29, 1.82) is 0 Å². The molecule has 2 saturated carbocycles. The van der Waals surface area contributed by atoms with Gasteiger partial charge in [0.15, 0.2) is 8.32 Å². The molecule has 0 aliphatic heterocycles. The minimum absolute atomic E-state index is 0.0561. The molecule has 0 aromatic heterocycles. The van der Waals surface area contributed by atoms with Crippen molar-refractivity contribution in [2.45, 2.75) is 130 Å². The van der Waals surface area contributed by atoms with E-state index in [0.29, 0.717) is 23.4 Å². The van der Waals surface area contributed by atoms with Gasteiger partial charge in [-0.1, -0.05) is 60.8 Å². The summed E-state index contributed by atoms with van der Waals surface area (Å²) in [7, 11) is -1.74. The van der Waals surface area contributed by atoms with Gasteiger partial charge in [0.05, 0.1) is 5.60 Å². The van der Waals surface area contributed by atoms with Gasteiger partial charge in [0, 0.05) is 18.6 Å². The van der Waals surface area contributed by atoms with Crippen molar-refractivity contribution in [3.8, 4) is 0 Å². The van der Waals surface area contributed by atoms with E-state index in [2.05, 4.69) is 47.7 Å². The summed E-state index contributed by atoms with van der Waals surface area (Å²) in [5.41, 5.74) is -0.352. The first-order chi connectivity index (χ1) is 13.7. The van der Waals surface area contributed by atoms with Gasteiger partial charge in [-0.05, 0) is 80.3 Å². The zero-order valence-electron chi connectivity index (χ0n) is 21.6. The number of hydrogen-bond acceptors (Lipinski definition) is 3. The minimum atomic E-state index is -1.74. The molecule has 0 radical (unpaired) electrons. The Labute approximate surface area is 188 Å². The van der Waals surface area contributed by atoms with Crippen LogP contribution in [0.25, 0.3) is 0 Å². The molecule has 2 fully saturated rings. The van der Waals surface area contributed by atoms with Crippen molar-refractivity contribution >= 4 is 8.32 Å². The Morgan fingerprint density at radius 2 is 1.73 bits per heavy atom. The highest BCUT2D eigenvalue weighted by atomic mass is 28.4. The van der Waals surface area contributed by atoms with Gasteiger partial charge in [0.25, 0.3) is 0 Å². The maximum atomic E-state index is 10.6. The lowest BCUT2D eigenvalue weighted by atomic mass is 9.61. The standard InChI is InChI=1S/C26H52O3Si/c1-19(12-10-17-26(7,28)20(2)18-27)21-14-15-22-23(13-11-16-25(21,22)6)29-30(8,9)24(3,4)5/h19-23,27-28H,10-18H2,1-9H3/t19-,20+,21-,22+,23+,25-,26-/m1/s1. The zero-order valence-corrected chi connectivity index (χ0v) is 22.6. The van der Waals surface area contributed by atoms with Gasteiger partial charge in [0.2, 0.25) is 0 Å². The van der Waals surface area contributed by atoms with Crippen LogP contribution in [0.5, 0.6) is 0 Å². The zero-order chi connectivity index (χ0) is 23.0. The number of aliphatic hydroxyl groups is 2. The summed E-state index contributed by atoms with van der Waals surface area (Å²) in [5, 5.41) is 20.3. The van der Waals surface area contributed by atoms with E-state index >= 15 is 0 Å². The Balaban J connectivity index is 2.01. The van der Waals surface area contributed by atoms with Crippen LogP contribution in [0.15, 0.2) is 0 Å². The van der Waals surface area contributed by atoms with E-state index < -0.39 is 13.9 Å². The Kier molecular flexibility index (Phi) is 8.37. The third-order valence-corrected chi connectivity index (χ3v) is 14.3. The van der Waals surface area contributed by atoms with Crippen LogP contribution in [0.4, 0.5) is 0 Å². The van der Waals surface area contributed by atoms with E-state index in [1.54, 1.807) is 0 Å². The van der Waals surface area contributed by atoms with Crippen LogP contribution in [-0.2, 0) is 4.43 Å². The molecule has 178 valence electrons. The first-order valence-electron chi connectivity index (χ1n) is 12.7. The Morgan fingerprint density at radius 3 is 2.30 bits per heavy atom. The topological polar surface area (TPSA) is 49.7 Å². The predicted octanol–water partition coefficient (Wildman–Crippen LogP) is 6.78. The fraction of sp³-hybridized carbons (Fsp3) is 1.00. The number of fused-ring (bicyclic) bond motifs is 1. The molecular formula is C26H52O3Si. The Morgan fingerprint density at radius 1 is 1.10 bits per heavy atom. The van der Waals surface area contributed by atoms with E-state index in [1.165, 1.54) is 38.5 Å². The summed E-state index contributed by atoms with van der Waals surface area (Å²) in [6.45, 7) is 20.8. The van der Waals surface area contributed by atoms with Crippen LogP contribution in [-0.4, -0.2) is 36.8 Å². The lowest BCUT2D eigenvalue weighted by Gasteiger charge is -2.50. The maximum Gasteiger partial charge on any atom is 0.192 e. The van der Waals surface area contributed by atoms with Crippen LogP contribution in [0.1, 0.15) is 99.8 Å². The highest BCUT2D eigenvalue weighted by Crippen LogP contribution is 2.59. The summed E-state index contributed by atoms with van der Waals surface area (Å²) in [6.07, 6.45) is 10.0. The van der Waals surface area contributed by atoms with Crippen LogP contribution in [0.2, 0.25) is 18.1 Å². The molecule has 4 heteroatoms. The molecule has 2 aliphatic rings. The molecule has 0 aromatic carbocycles. The second kappa shape index (κ2) is 9.53. The molecule has 30 heavy (non-hydrogen) atoms. The van der Waals surface area contributed by atoms with Crippen molar-refractivity contribution in [3.63, 3.8) is 0 Å². The van der Waals surface area contributed by atoms with Crippen LogP contribution < -0.4 is 0 Å². The van der Waals surface area contributed by atoms with E-state index in [0.717, 1.165) is 18.8 Å². The van der Waals surface area contributed by atoms with Gasteiger partial charge < -0.3 is 14.6 Å². The first-order valence-corrected chi connectivity index (χ1v) is 15.6. The fourth-order valence-corrected chi connectivity index (χ4v) is 7.61. The number of hydrogen-bond donors (Lipinski definition) is 2. The van der Waals surface area contributed by atoms with E-state index in [9.17, 15) is 10.2 Å². The molecule has 0 aromatic rings. The lowest BCUT2D eigenvalue weighted by molar-refractivity contribution is -0.0311. The van der Waals surface area contributed by atoms with Crippen LogP contribution in [0.3, 0.4) is 0 Å². The summed E-state index contributed by atoms with van der Waals surface area (Å²) >= 11 is 0. The minimum Gasteiger partial charge on any atom is -0.414 e. The molecule has 2 aliphatic carbocycles. The van der Waals surface area contributed by atoms with Gasteiger partial charge >= 0.3 is 0 Å². The second-order valence-corrected chi connectivity index (χ2v) is 17.7. The second-order valence-electron chi connectivity index (χ2n) is 12.9. The van der Waals surface area contributed by atoms with Crippen molar-refractivity contribution in [3.05, 3.63) is 0 Å². The molecule has 0 bridgehead atoms. The normalized spacial score (nSPS) is 34.3. The first kappa shape index (κ1) is 26.4. The molecule has 2 N–H and O–H groups in total. The molecule has 7 atom stereocenters. The highest BCUT2D eigenvalue weighted by molar-refractivity contribution is 6.74. The van der Waals surface area contributed by atoms with Gasteiger partial charge in [-0.3, -0.25) is 0 Å². The Bertz CT molecular complexity index is 553. The van der Waals surface area contributed by atoms with Crippen molar-refractivity contribution in [2.24, 2.45) is 29.1 Å². The van der Waals surface area contributed by atoms with Crippen molar-refractivity contribution in [1.82, 2.24) is 0 Å². The summed E-state index contributed by atoms with van der Waals surface area (Å²) < 4.78 is 7.00. The summed E-state index contributed by atoms with van der Waals surface area (Å²) in [6, 6.07) is 0. The largest absolute Gasteiger partial charge is 0.414 e. The average molecular weight is 441 g/mol. The van der Waals surface area contributed by atoms with Crippen molar-refractivity contribution in [2.75, 3.05) is 6.61 Å². The molecule has 2 rings (SSSR count). The van der Waals surface area contributed by atoms with Crippen LogP contribution in [0, 0.1) is 29.1 Å². The molecule has 0 heterocycles. The highest BCUT2D eigenvalue weighted by Gasteiger charge is 2.54. The third kappa shape index (κ3) is 5.53. The Hall–Kier alpha value is 0.0969. The average Bonchev–Trinajstić information content (AvgIpc) is 2.97. The van der Waals surface area contributed by atoms with Crippen molar-refractivity contribution < 1.29 is 14.6 Å². The molecule has 3 nitrogen and oxygen atoms in total. The van der Waals surface area contributed by atoms with E-state index in [4.69, 9.17) is 4.43 Å². The van der Waals surface area contributed by atoms with Gasteiger partial charge in [-0.15, -0.1) is 0 Å². The van der Waals surface area contributed by atoms with E-state index in [-0.39, 0.29) is 17.6 Å². The molecule has 0 spiro atoms. The maximum absolute atomic E-state index is 10.6. The van der Waals surface area contributed by atoms with Gasteiger partial charge in [0.1, 0.15) is 0 Å².